The largest absolute Gasteiger partial charge is 0.310 e. The van der Waals surface area contributed by atoms with E-state index in [1.807, 2.05) is 0 Å². The van der Waals surface area contributed by atoms with Gasteiger partial charge in [-0.25, -0.2) is 0 Å². The van der Waals surface area contributed by atoms with Crippen LogP contribution in [0.15, 0.2) is 231 Å². The van der Waals surface area contributed by atoms with Crippen LogP contribution in [0.25, 0.3) is 44.5 Å². The first-order valence-electron chi connectivity index (χ1n) is 21.0. The Balaban J connectivity index is 1.18. The molecule has 288 valence electrons. The minimum atomic E-state index is -1.40. The Bertz CT molecular complexity index is 2910. The molecule has 0 fully saturated rings. The minimum Gasteiger partial charge on any atom is -0.310 e. The van der Waals surface area contributed by atoms with Gasteiger partial charge >= 0.3 is 0 Å². The molecule has 0 N–H and O–H groups in total. The Morgan fingerprint density at radius 3 is 1.42 bits per heavy atom. The first kappa shape index (κ1) is 37.3. The minimum absolute atomic E-state index is 0.550. The molecular formula is C58H47NSi. The normalized spacial score (nSPS) is 14.3. The van der Waals surface area contributed by atoms with Gasteiger partial charge in [0.2, 0.25) is 0 Å². The molecule has 0 radical (unpaired) electrons. The predicted octanol–water partition coefficient (Wildman–Crippen LogP) is 15.1. The fourth-order valence-electron chi connectivity index (χ4n) is 9.35. The molecule has 1 nitrogen and oxygen atoms in total. The fourth-order valence-corrected chi connectivity index (χ4v) is 10.5. The number of benzene rings is 9. The summed E-state index contributed by atoms with van der Waals surface area (Å²) in [6.45, 7) is 7.22. The number of fused-ring (bicyclic) bond motifs is 3. The maximum Gasteiger partial charge on any atom is 0.0775 e. The average Bonchev–Trinajstić information content (AvgIpc) is 3.60. The van der Waals surface area contributed by atoms with Gasteiger partial charge in [0.25, 0.3) is 0 Å². The van der Waals surface area contributed by atoms with Crippen molar-refractivity contribution in [2.45, 2.75) is 25.1 Å². The summed E-state index contributed by atoms with van der Waals surface area (Å²) in [5, 5.41) is 1.48. The fraction of sp³-hybridized carbons (Fsp3) is 0.0690. The van der Waals surface area contributed by atoms with Crippen LogP contribution >= 0.6 is 0 Å². The van der Waals surface area contributed by atoms with Crippen LogP contribution in [0.5, 0.6) is 0 Å². The van der Waals surface area contributed by atoms with E-state index in [1.54, 1.807) is 0 Å². The Labute approximate surface area is 355 Å². The molecule has 0 aromatic heterocycles. The first-order valence-corrected chi connectivity index (χ1v) is 24.5. The summed E-state index contributed by atoms with van der Waals surface area (Å²) in [5.74, 6) is 0. The van der Waals surface area contributed by atoms with Crippen molar-refractivity contribution in [2.75, 3.05) is 4.90 Å². The highest BCUT2D eigenvalue weighted by Gasteiger charge is 2.46. The van der Waals surface area contributed by atoms with Crippen LogP contribution in [-0.4, -0.2) is 8.07 Å². The predicted molar refractivity (Wildman–Crippen MR) is 258 cm³/mol. The van der Waals surface area contributed by atoms with Crippen LogP contribution in [0.1, 0.15) is 22.3 Å². The van der Waals surface area contributed by atoms with Crippen molar-refractivity contribution < 1.29 is 0 Å². The van der Waals surface area contributed by atoms with Crippen molar-refractivity contribution in [1.29, 1.82) is 0 Å². The number of rotatable bonds is 9. The van der Waals surface area contributed by atoms with Gasteiger partial charge in [-0.15, -0.1) is 0 Å². The number of nitrogens with zero attached hydrogens (tertiary/aromatic N) is 1. The van der Waals surface area contributed by atoms with E-state index in [0.29, 0.717) is 0 Å². The molecule has 1 unspecified atom stereocenters. The number of anilines is 3. The van der Waals surface area contributed by atoms with E-state index in [1.165, 1.54) is 71.9 Å². The smallest absolute Gasteiger partial charge is 0.0775 e. The zero-order valence-corrected chi connectivity index (χ0v) is 35.4. The van der Waals surface area contributed by atoms with Gasteiger partial charge in [-0.05, 0) is 91.5 Å². The molecule has 9 aromatic carbocycles. The third kappa shape index (κ3) is 6.50. The van der Waals surface area contributed by atoms with Crippen molar-refractivity contribution in [2.24, 2.45) is 0 Å². The molecule has 0 saturated heterocycles. The molecule has 1 aliphatic carbocycles. The van der Waals surface area contributed by atoms with E-state index in [0.717, 1.165) is 17.1 Å². The van der Waals surface area contributed by atoms with Crippen LogP contribution in [0.4, 0.5) is 17.1 Å². The summed E-state index contributed by atoms with van der Waals surface area (Å²) >= 11 is 0. The maximum absolute atomic E-state index is 2.47. The lowest BCUT2D eigenvalue weighted by Gasteiger charge is -2.35. The Morgan fingerprint density at radius 2 is 0.783 bits per heavy atom. The summed E-state index contributed by atoms with van der Waals surface area (Å²) in [4.78, 5) is 2.45. The molecule has 9 aromatic rings. The van der Waals surface area contributed by atoms with Crippen LogP contribution < -0.4 is 10.1 Å². The van der Waals surface area contributed by atoms with Gasteiger partial charge < -0.3 is 4.90 Å². The summed E-state index contributed by atoms with van der Waals surface area (Å²) in [7, 11) is -1.40. The van der Waals surface area contributed by atoms with Crippen molar-refractivity contribution in [3.63, 3.8) is 0 Å². The van der Waals surface area contributed by atoms with Gasteiger partial charge in [0.15, 0.2) is 0 Å². The zero-order valence-electron chi connectivity index (χ0n) is 34.4. The van der Waals surface area contributed by atoms with Gasteiger partial charge in [0, 0.05) is 16.9 Å². The zero-order chi connectivity index (χ0) is 40.7. The summed E-state index contributed by atoms with van der Waals surface area (Å²) in [6.07, 6.45) is 0. The lowest BCUT2D eigenvalue weighted by atomic mass is 9.67. The van der Waals surface area contributed by atoms with E-state index < -0.39 is 13.5 Å². The highest BCUT2D eigenvalue weighted by molar-refractivity contribution is 6.88. The highest BCUT2D eigenvalue weighted by atomic mass is 28.3. The number of hydrogen-bond acceptors (Lipinski definition) is 1. The van der Waals surface area contributed by atoms with Crippen molar-refractivity contribution in [3.05, 3.63) is 253 Å². The first-order chi connectivity index (χ1) is 29.4. The van der Waals surface area contributed by atoms with Gasteiger partial charge in [0.05, 0.1) is 19.2 Å². The van der Waals surface area contributed by atoms with E-state index in [9.17, 15) is 0 Å². The molecule has 0 heterocycles. The lowest BCUT2D eigenvalue weighted by Crippen LogP contribution is -2.37. The molecule has 10 rings (SSSR count). The topological polar surface area (TPSA) is 3.24 Å². The van der Waals surface area contributed by atoms with Crippen molar-refractivity contribution in [1.82, 2.24) is 0 Å². The molecule has 0 saturated carbocycles. The SMILES string of the molecule is C[Si](C)(C)c1ccc(-c2ccc(C3(c4ccccc4)c4ccccc4-c4ccc(N(c5ccc(-c6ccccc6)cc5)c5ccccc5-c5ccccc5)cc43)cc2)cc1. The van der Waals surface area contributed by atoms with Crippen LogP contribution in [0, 0.1) is 0 Å². The molecule has 0 spiro atoms. The monoisotopic (exact) mass is 785 g/mol. The standard InChI is InChI=1S/C58H47NSi/c1-60(2,3)51-38-31-45(32-39-51)43-27-33-48(34-28-43)58(47-21-11-6-12-22-47)55-25-15-13-24-53(55)54-40-37-50(41-56(54)58)59(49-35-29-44(30-36-49)42-17-7-4-8-18-42)57-26-16-14-23-52(57)46-19-9-5-10-20-46/h4-41H,1-3H3. The molecule has 60 heavy (non-hydrogen) atoms. The van der Waals surface area contributed by atoms with Gasteiger partial charge in [-0.3, -0.25) is 0 Å². The van der Waals surface area contributed by atoms with E-state index in [2.05, 4.69) is 255 Å². The van der Waals surface area contributed by atoms with E-state index in [-0.39, 0.29) is 0 Å². The second kappa shape index (κ2) is 15.3. The quantitative estimate of drug-likeness (QED) is 0.132. The van der Waals surface area contributed by atoms with Crippen LogP contribution in [0.3, 0.4) is 0 Å². The molecule has 1 aliphatic rings. The second-order valence-electron chi connectivity index (χ2n) is 16.9. The van der Waals surface area contributed by atoms with E-state index in [4.69, 9.17) is 0 Å². The Kier molecular flexibility index (Phi) is 9.51. The molecule has 0 amide bonds. The molecule has 0 aliphatic heterocycles. The van der Waals surface area contributed by atoms with Crippen molar-refractivity contribution >= 4 is 30.3 Å². The molecule has 0 bridgehead atoms. The highest BCUT2D eigenvalue weighted by Crippen LogP contribution is 2.57. The third-order valence-electron chi connectivity index (χ3n) is 12.4. The van der Waals surface area contributed by atoms with Gasteiger partial charge in [-0.1, -0.05) is 225 Å². The van der Waals surface area contributed by atoms with Crippen molar-refractivity contribution in [3.8, 4) is 44.5 Å². The number of para-hydroxylation sites is 1. The summed E-state index contributed by atoms with van der Waals surface area (Å²) in [6, 6.07) is 85.2. The third-order valence-corrected chi connectivity index (χ3v) is 14.4. The number of hydrogen-bond donors (Lipinski definition) is 0. The van der Waals surface area contributed by atoms with Gasteiger partial charge in [-0.2, -0.15) is 0 Å². The maximum atomic E-state index is 2.47. The van der Waals surface area contributed by atoms with E-state index >= 15 is 0 Å². The van der Waals surface area contributed by atoms with Gasteiger partial charge in [0.1, 0.15) is 0 Å². The molecular weight excluding hydrogens is 739 g/mol. The summed E-state index contributed by atoms with van der Waals surface area (Å²) < 4.78 is 0. The molecule has 1 atom stereocenters. The average molecular weight is 786 g/mol. The molecule has 2 heteroatoms. The van der Waals surface area contributed by atoms with Crippen LogP contribution in [0.2, 0.25) is 19.6 Å². The lowest BCUT2D eigenvalue weighted by molar-refractivity contribution is 0.768. The van der Waals surface area contributed by atoms with Crippen LogP contribution in [-0.2, 0) is 5.41 Å². The Hall–Kier alpha value is -7.00. The summed E-state index contributed by atoms with van der Waals surface area (Å²) in [5.41, 5.74) is 17.7. The Morgan fingerprint density at radius 1 is 0.333 bits per heavy atom. The second-order valence-corrected chi connectivity index (χ2v) is 22.0.